The molecule has 1 unspecified atom stereocenters. The van der Waals surface area contributed by atoms with Crippen molar-refractivity contribution in [2.45, 2.75) is 25.2 Å². The second-order valence-electron chi connectivity index (χ2n) is 4.28. The summed E-state index contributed by atoms with van der Waals surface area (Å²) in [5.41, 5.74) is 3.48. The Morgan fingerprint density at radius 2 is 2.31 bits per heavy atom. The van der Waals surface area contributed by atoms with Crippen LogP contribution in [0.2, 0.25) is 5.02 Å². The van der Waals surface area contributed by atoms with Gasteiger partial charge in [0.2, 0.25) is 0 Å². The second-order valence-corrected chi connectivity index (χ2v) is 4.72. The van der Waals surface area contributed by atoms with Gasteiger partial charge in [-0.3, -0.25) is 0 Å². The van der Waals surface area contributed by atoms with Gasteiger partial charge in [-0.2, -0.15) is 5.26 Å². The van der Waals surface area contributed by atoms with Crippen LogP contribution in [0.4, 0.5) is 0 Å². The molecule has 1 atom stereocenters. The van der Waals surface area contributed by atoms with Gasteiger partial charge in [-0.15, -0.1) is 0 Å². The lowest BCUT2D eigenvalue weighted by Crippen LogP contribution is -2.06. The number of aryl methyl sites for hydroxylation is 1. The van der Waals surface area contributed by atoms with Crippen molar-refractivity contribution in [1.29, 1.82) is 5.26 Å². The lowest BCUT2D eigenvalue weighted by atomic mass is 9.77. The summed E-state index contributed by atoms with van der Waals surface area (Å²) in [5, 5.41) is 11.1. The van der Waals surface area contributed by atoms with E-state index >= 15 is 0 Å². The van der Waals surface area contributed by atoms with E-state index in [2.05, 4.69) is 11.1 Å². The van der Waals surface area contributed by atoms with Crippen LogP contribution in [0.1, 0.15) is 30.0 Å². The average molecular weight is 230 g/mol. The van der Waals surface area contributed by atoms with Gasteiger partial charge in [0.1, 0.15) is 0 Å². The van der Waals surface area contributed by atoms with Gasteiger partial charge in [0.15, 0.2) is 0 Å². The summed E-state index contributed by atoms with van der Waals surface area (Å²) in [4.78, 5) is 3.36. The molecule has 3 heteroatoms. The van der Waals surface area contributed by atoms with E-state index < -0.39 is 0 Å². The van der Waals surface area contributed by atoms with Crippen molar-refractivity contribution >= 4 is 22.5 Å². The first-order valence-corrected chi connectivity index (χ1v) is 5.87. The Morgan fingerprint density at radius 1 is 1.44 bits per heavy atom. The number of benzene rings is 1. The van der Waals surface area contributed by atoms with E-state index in [1.54, 1.807) is 0 Å². The first-order valence-electron chi connectivity index (χ1n) is 5.49. The summed E-state index contributed by atoms with van der Waals surface area (Å²) in [6.45, 7) is 0. The maximum absolute atomic E-state index is 9.12. The minimum atomic E-state index is 0.0231. The van der Waals surface area contributed by atoms with Crippen molar-refractivity contribution in [2.24, 2.45) is 0 Å². The highest BCUT2D eigenvalue weighted by atomic mass is 35.5. The minimum Gasteiger partial charge on any atom is -0.357 e. The normalized spacial score (nSPS) is 19.4. The molecule has 0 spiro atoms. The number of aromatic nitrogens is 1. The zero-order valence-electron chi connectivity index (χ0n) is 8.76. The fraction of sp³-hybridized carbons (Fsp3) is 0.308. The molecule has 80 valence electrons. The summed E-state index contributed by atoms with van der Waals surface area (Å²) in [6.07, 6.45) is 3.10. The Morgan fingerprint density at radius 3 is 3.12 bits per heavy atom. The van der Waals surface area contributed by atoms with Crippen molar-refractivity contribution in [2.75, 3.05) is 0 Å². The van der Waals surface area contributed by atoms with E-state index in [0.29, 0.717) is 0 Å². The van der Waals surface area contributed by atoms with E-state index in [0.717, 1.165) is 35.5 Å². The highest BCUT2D eigenvalue weighted by Gasteiger charge is 2.23. The van der Waals surface area contributed by atoms with Crippen molar-refractivity contribution in [3.8, 4) is 6.07 Å². The average Bonchev–Trinajstić information content (AvgIpc) is 2.67. The van der Waals surface area contributed by atoms with Crippen LogP contribution in [0, 0.1) is 11.3 Å². The fourth-order valence-corrected chi connectivity index (χ4v) is 2.74. The molecule has 3 rings (SSSR count). The largest absolute Gasteiger partial charge is 0.357 e. The van der Waals surface area contributed by atoms with Crippen LogP contribution in [0.25, 0.3) is 10.9 Å². The van der Waals surface area contributed by atoms with E-state index in [1.807, 2.05) is 18.2 Å². The van der Waals surface area contributed by atoms with E-state index in [-0.39, 0.29) is 5.92 Å². The van der Waals surface area contributed by atoms with Crippen LogP contribution in [0.5, 0.6) is 0 Å². The number of nitriles is 1. The summed E-state index contributed by atoms with van der Waals surface area (Å²) >= 11 is 6.01. The first kappa shape index (κ1) is 9.74. The first-order chi connectivity index (χ1) is 7.79. The number of hydrogen-bond acceptors (Lipinski definition) is 1. The molecule has 1 aliphatic carbocycles. The van der Waals surface area contributed by atoms with Crippen LogP contribution in [0.3, 0.4) is 0 Å². The highest BCUT2D eigenvalue weighted by Crippen LogP contribution is 2.36. The Labute approximate surface area is 98.8 Å². The van der Waals surface area contributed by atoms with Gasteiger partial charge in [-0.25, -0.2) is 0 Å². The summed E-state index contributed by atoms with van der Waals surface area (Å²) < 4.78 is 0. The monoisotopic (exact) mass is 229 g/mol. The molecular weight excluding hydrogens is 219 g/mol. The molecule has 16 heavy (non-hydrogen) atoms. The Hall–Kier alpha value is -1.46. The Kier molecular flexibility index (Phi) is 2.15. The molecule has 0 amide bonds. The molecule has 0 aliphatic heterocycles. The Balaban J connectivity index is 2.30. The van der Waals surface area contributed by atoms with Gasteiger partial charge in [0.05, 0.1) is 12.0 Å². The molecule has 1 aromatic carbocycles. The molecule has 2 aromatic rings. The number of nitrogens with zero attached hydrogens (tertiary/aromatic N) is 1. The molecule has 0 fully saturated rings. The molecule has 0 radical (unpaired) electrons. The molecule has 0 bridgehead atoms. The molecule has 1 aliphatic rings. The lowest BCUT2D eigenvalue weighted by molar-refractivity contribution is 0.629. The molecule has 1 heterocycles. The number of aromatic amines is 1. The van der Waals surface area contributed by atoms with Gasteiger partial charge in [-0.05, 0) is 43.0 Å². The third-order valence-corrected chi connectivity index (χ3v) is 3.56. The standard InChI is InChI=1S/C13H11ClN2/c14-9-4-5-12-11(6-9)10-3-1-2-8(7-15)13(10)16-12/h4-6,8,16H,1-3H2/i7-1. The van der Waals surface area contributed by atoms with Crippen LogP contribution >= 0.6 is 11.6 Å². The summed E-state index contributed by atoms with van der Waals surface area (Å²) in [7, 11) is 0. The van der Waals surface area contributed by atoms with Crippen LogP contribution in [-0.2, 0) is 6.42 Å². The minimum absolute atomic E-state index is 0.0231. The molecule has 0 saturated carbocycles. The number of H-pyrrole nitrogens is 1. The quantitative estimate of drug-likeness (QED) is 0.734. The number of fused-ring (bicyclic) bond motifs is 3. The van der Waals surface area contributed by atoms with Gasteiger partial charge in [0, 0.05) is 21.6 Å². The van der Waals surface area contributed by atoms with Gasteiger partial charge < -0.3 is 4.98 Å². The van der Waals surface area contributed by atoms with Crippen molar-refractivity contribution in [3.05, 3.63) is 34.5 Å². The maximum atomic E-state index is 9.12. The van der Waals surface area contributed by atoms with E-state index in [4.69, 9.17) is 16.9 Å². The number of rotatable bonds is 0. The van der Waals surface area contributed by atoms with Crippen LogP contribution in [0.15, 0.2) is 18.2 Å². The third-order valence-electron chi connectivity index (χ3n) is 3.33. The van der Waals surface area contributed by atoms with Crippen molar-refractivity contribution < 1.29 is 0 Å². The zero-order valence-corrected chi connectivity index (χ0v) is 9.51. The predicted octanol–water partition coefficient (Wildman–Crippen LogP) is 3.76. The van der Waals surface area contributed by atoms with Gasteiger partial charge in [-0.1, -0.05) is 11.6 Å². The zero-order chi connectivity index (χ0) is 11.1. The number of nitrogens with one attached hydrogen (secondary N) is 1. The Bertz CT molecular complexity index is 592. The SMILES string of the molecule is N#[11C]C1CCCc2c1[nH]c1ccc(Cl)cc21. The molecule has 1 aromatic heterocycles. The number of halogens is 1. The molecular formula is C13H11ClN2. The molecule has 1 N–H and O–H groups in total. The van der Waals surface area contributed by atoms with E-state index in [9.17, 15) is 0 Å². The van der Waals surface area contributed by atoms with E-state index in [1.165, 1.54) is 10.9 Å². The van der Waals surface area contributed by atoms with Gasteiger partial charge >= 0.3 is 0 Å². The highest BCUT2D eigenvalue weighted by molar-refractivity contribution is 6.31. The van der Waals surface area contributed by atoms with Crippen LogP contribution in [-0.4, -0.2) is 4.98 Å². The third kappa shape index (κ3) is 1.32. The maximum Gasteiger partial charge on any atom is 0.0865 e. The molecule has 2 nitrogen and oxygen atoms in total. The molecule has 0 saturated heterocycles. The smallest absolute Gasteiger partial charge is 0.0865 e. The van der Waals surface area contributed by atoms with Crippen molar-refractivity contribution in [3.63, 3.8) is 0 Å². The number of hydrogen-bond donors (Lipinski definition) is 1. The predicted molar refractivity (Wildman–Crippen MR) is 64.6 cm³/mol. The second kappa shape index (κ2) is 3.54. The lowest BCUT2D eigenvalue weighted by Gasteiger charge is -2.16. The summed E-state index contributed by atoms with van der Waals surface area (Å²) in [5.74, 6) is 0.0231. The summed E-state index contributed by atoms with van der Waals surface area (Å²) in [6, 6.07) is 8.24. The van der Waals surface area contributed by atoms with Crippen molar-refractivity contribution in [1.82, 2.24) is 4.98 Å². The van der Waals surface area contributed by atoms with Crippen LogP contribution < -0.4 is 0 Å². The fourth-order valence-electron chi connectivity index (χ4n) is 2.56. The topological polar surface area (TPSA) is 39.6 Å². The van der Waals surface area contributed by atoms with Gasteiger partial charge in [0.25, 0.3) is 0 Å².